The summed E-state index contributed by atoms with van der Waals surface area (Å²) in [6.07, 6.45) is 0. The van der Waals surface area contributed by atoms with Crippen LogP contribution in [-0.2, 0) is 16.1 Å². The van der Waals surface area contributed by atoms with E-state index in [9.17, 15) is 9.59 Å². The van der Waals surface area contributed by atoms with E-state index in [1.54, 1.807) is 50.4 Å². The molecule has 0 spiro atoms. The van der Waals surface area contributed by atoms with E-state index in [1.807, 2.05) is 25.1 Å². The highest BCUT2D eigenvalue weighted by atomic mass is 16.5. The molecule has 0 aliphatic heterocycles. The van der Waals surface area contributed by atoms with Crippen molar-refractivity contribution in [2.45, 2.75) is 13.5 Å². The lowest BCUT2D eigenvalue weighted by molar-refractivity contribution is -0.134. The summed E-state index contributed by atoms with van der Waals surface area (Å²) in [7, 11) is 4.85. The average Bonchev–Trinajstić information content (AvgIpc) is 2.75. The Hall–Kier alpha value is -3.22. The molecule has 2 rings (SSSR count). The highest BCUT2D eigenvalue weighted by Crippen LogP contribution is 2.28. The molecule has 0 aromatic heterocycles. The molecule has 7 heteroatoms. The van der Waals surface area contributed by atoms with Crippen molar-refractivity contribution in [1.29, 1.82) is 0 Å². The topological polar surface area (TPSA) is 77.1 Å². The van der Waals surface area contributed by atoms with Crippen LogP contribution >= 0.6 is 0 Å². The Morgan fingerprint density at radius 3 is 2.39 bits per heavy atom. The fourth-order valence-corrected chi connectivity index (χ4v) is 2.75. The lowest BCUT2D eigenvalue weighted by atomic mass is 10.2. The number of para-hydroxylation sites is 1. The van der Waals surface area contributed by atoms with E-state index in [4.69, 9.17) is 14.2 Å². The predicted molar refractivity (Wildman–Crippen MR) is 107 cm³/mol. The maximum atomic E-state index is 12.5. The van der Waals surface area contributed by atoms with E-state index < -0.39 is 5.97 Å². The zero-order chi connectivity index (χ0) is 20.5. The number of esters is 1. The Kier molecular flexibility index (Phi) is 7.68. The third-order valence-corrected chi connectivity index (χ3v) is 4.30. The van der Waals surface area contributed by atoms with Gasteiger partial charge in [-0.05, 0) is 36.8 Å². The number of carbonyl (C=O) groups is 2. The third-order valence-electron chi connectivity index (χ3n) is 4.30. The minimum absolute atomic E-state index is 0.271. The van der Waals surface area contributed by atoms with Gasteiger partial charge in [-0.1, -0.05) is 18.2 Å². The molecular formula is C21H26N2O5. The van der Waals surface area contributed by atoms with Gasteiger partial charge < -0.3 is 24.4 Å². The summed E-state index contributed by atoms with van der Waals surface area (Å²) in [5, 5.41) is 2.93. The number of hydrogen-bond donors (Lipinski definition) is 1. The number of nitrogens with one attached hydrogen (secondary N) is 1. The zero-order valence-corrected chi connectivity index (χ0v) is 16.7. The van der Waals surface area contributed by atoms with Crippen molar-refractivity contribution in [2.24, 2.45) is 0 Å². The molecule has 0 fully saturated rings. The minimum atomic E-state index is -0.541. The van der Waals surface area contributed by atoms with Crippen molar-refractivity contribution in [3.8, 4) is 11.5 Å². The molecule has 150 valence electrons. The van der Waals surface area contributed by atoms with E-state index in [2.05, 4.69) is 5.32 Å². The Balaban J connectivity index is 2.01. The molecule has 0 aliphatic carbocycles. The first-order chi connectivity index (χ1) is 13.5. The molecule has 2 aromatic rings. The maximum Gasteiger partial charge on any atom is 0.340 e. The zero-order valence-electron chi connectivity index (χ0n) is 16.7. The van der Waals surface area contributed by atoms with Gasteiger partial charge in [-0.3, -0.25) is 4.79 Å². The molecular weight excluding hydrogens is 360 g/mol. The van der Waals surface area contributed by atoms with Crippen LogP contribution in [0.4, 0.5) is 5.69 Å². The number of likely N-dealkylation sites (N-methyl/N-ethyl adjacent to an activating group) is 1. The molecule has 0 atom stereocenters. The molecule has 0 radical (unpaired) electrons. The molecule has 2 aromatic carbocycles. The molecule has 0 saturated heterocycles. The van der Waals surface area contributed by atoms with Gasteiger partial charge in [0.1, 0.15) is 0 Å². The van der Waals surface area contributed by atoms with Gasteiger partial charge in [0, 0.05) is 25.8 Å². The van der Waals surface area contributed by atoms with Crippen molar-refractivity contribution in [2.75, 3.05) is 39.7 Å². The second kappa shape index (κ2) is 10.2. The number of rotatable bonds is 9. The number of benzene rings is 2. The average molecular weight is 386 g/mol. The van der Waals surface area contributed by atoms with Crippen molar-refractivity contribution in [3.05, 3.63) is 53.6 Å². The molecule has 1 N–H and O–H groups in total. The maximum absolute atomic E-state index is 12.5. The van der Waals surface area contributed by atoms with Gasteiger partial charge in [0.25, 0.3) is 5.91 Å². The molecule has 0 heterocycles. The molecule has 7 nitrogen and oxygen atoms in total. The number of hydrogen-bond acceptors (Lipinski definition) is 6. The highest BCUT2D eigenvalue weighted by Gasteiger charge is 2.18. The summed E-state index contributed by atoms with van der Waals surface area (Å²) >= 11 is 0. The molecule has 0 aliphatic rings. The standard InChI is InChI=1S/C21H26N2O5/c1-5-23(13-15-10-11-18(26-3)19(12-15)27-4)20(24)14-28-21(25)16-8-6-7-9-17(16)22-2/h6-12,22H,5,13-14H2,1-4H3. The number of carbonyl (C=O) groups excluding carboxylic acids is 2. The van der Waals surface area contributed by atoms with Crippen molar-refractivity contribution in [1.82, 2.24) is 4.90 Å². The summed E-state index contributed by atoms with van der Waals surface area (Å²) in [5.74, 6) is 0.407. The molecule has 28 heavy (non-hydrogen) atoms. The molecule has 0 bridgehead atoms. The number of ether oxygens (including phenoxy) is 3. The summed E-state index contributed by atoms with van der Waals surface area (Å²) in [6, 6.07) is 12.5. The number of anilines is 1. The van der Waals surface area contributed by atoms with Crippen molar-refractivity contribution < 1.29 is 23.8 Å². The normalized spacial score (nSPS) is 10.1. The highest BCUT2D eigenvalue weighted by molar-refractivity contribution is 5.96. The van der Waals surface area contributed by atoms with Gasteiger partial charge in [0.2, 0.25) is 0 Å². The lowest BCUT2D eigenvalue weighted by Crippen LogP contribution is -2.34. The van der Waals surface area contributed by atoms with E-state index >= 15 is 0 Å². The van der Waals surface area contributed by atoms with Crippen LogP contribution in [-0.4, -0.2) is 51.2 Å². The Morgan fingerprint density at radius 1 is 1.04 bits per heavy atom. The summed E-state index contributed by atoms with van der Waals surface area (Å²) in [6.45, 7) is 2.41. The predicted octanol–water partition coefficient (Wildman–Crippen LogP) is 2.95. The van der Waals surface area contributed by atoms with Crippen LogP contribution in [0.25, 0.3) is 0 Å². The van der Waals surface area contributed by atoms with Crippen LogP contribution in [0.1, 0.15) is 22.8 Å². The van der Waals surface area contributed by atoms with Crippen LogP contribution in [0.3, 0.4) is 0 Å². The molecule has 0 unspecified atom stereocenters. The smallest absolute Gasteiger partial charge is 0.340 e. The van der Waals surface area contributed by atoms with E-state index in [1.165, 1.54) is 0 Å². The van der Waals surface area contributed by atoms with Gasteiger partial charge in [-0.15, -0.1) is 0 Å². The fraction of sp³-hybridized carbons (Fsp3) is 0.333. The van der Waals surface area contributed by atoms with Crippen molar-refractivity contribution >= 4 is 17.6 Å². The summed E-state index contributed by atoms with van der Waals surface area (Å²) in [5.41, 5.74) is 1.93. The number of nitrogens with zero attached hydrogens (tertiary/aromatic N) is 1. The molecule has 1 amide bonds. The fourth-order valence-electron chi connectivity index (χ4n) is 2.75. The summed E-state index contributed by atoms with van der Waals surface area (Å²) in [4.78, 5) is 26.4. The van der Waals surface area contributed by atoms with Gasteiger partial charge >= 0.3 is 5.97 Å². The van der Waals surface area contributed by atoms with Gasteiger partial charge in [0.05, 0.1) is 19.8 Å². The van der Waals surface area contributed by atoms with Gasteiger partial charge in [-0.25, -0.2) is 4.79 Å². The SMILES string of the molecule is CCN(Cc1ccc(OC)c(OC)c1)C(=O)COC(=O)c1ccccc1NC. The molecule has 0 saturated carbocycles. The Labute approximate surface area is 165 Å². The van der Waals surface area contributed by atoms with Gasteiger partial charge in [0.15, 0.2) is 18.1 Å². The van der Waals surface area contributed by atoms with E-state index in [0.29, 0.717) is 35.8 Å². The first-order valence-electron chi connectivity index (χ1n) is 8.96. The number of amides is 1. The Morgan fingerprint density at radius 2 is 1.75 bits per heavy atom. The van der Waals surface area contributed by atoms with Crippen LogP contribution < -0.4 is 14.8 Å². The first kappa shape index (κ1) is 21.1. The van der Waals surface area contributed by atoms with E-state index in [0.717, 1.165) is 5.56 Å². The second-order valence-corrected chi connectivity index (χ2v) is 5.97. The number of methoxy groups -OCH3 is 2. The van der Waals surface area contributed by atoms with Crippen LogP contribution in [0.5, 0.6) is 11.5 Å². The third kappa shape index (κ3) is 5.16. The quantitative estimate of drug-likeness (QED) is 0.668. The first-order valence-corrected chi connectivity index (χ1v) is 8.96. The second-order valence-electron chi connectivity index (χ2n) is 5.97. The summed E-state index contributed by atoms with van der Waals surface area (Å²) < 4.78 is 15.7. The van der Waals surface area contributed by atoms with Crippen molar-refractivity contribution in [3.63, 3.8) is 0 Å². The Bertz CT molecular complexity index is 822. The van der Waals surface area contributed by atoms with E-state index in [-0.39, 0.29) is 12.5 Å². The largest absolute Gasteiger partial charge is 0.493 e. The van der Waals surface area contributed by atoms with Gasteiger partial charge in [-0.2, -0.15) is 0 Å². The lowest BCUT2D eigenvalue weighted by Gasteiger charge is -2.21. The van der Waals surface area contributed by atoms with Crippen LogP contribution in [0.15, 0.2) is 42.5 Å². The minimum Gasteiger partial charge on any atom is -0.493 e. The van der Waals surface area contributed by atoms with Crippen LogP contribution in [0, 0.1) is 0 Å². The van der Waals surface area contributed by atoms with Crippen LogP contribution in [0.2, 0.25) is 0 Å². The monoisotopic (exact) mass is 386 g/mol.